The maximum absolute atomic E-state index is 12.1. The molecule has 2 rings (SSSR count). The van der Waals surface area contributed by atoms with E-state index < -0.39 is 0 Å². The molecular formula is C15H20N2O2S. The van der Waals surface area contributed by atoms with Gasteiger partial charge in [-0.3, -0.25) is 4.79 Å². The van der Waals surface area contributed by atoms with Gasteiger partial charge in [-0.1, -0.05) is 11.8 Å². The standard InChI is InChI=1S/C15H20N2O2S/c1-11-9-14(20-13(11)6-4-7-16)15(18)17-10-12-5-2-3-8-19-12/h9,12H,2-3,5,7-8,10,16H2,1H3,(H,17,18). The van der Waals surface area contributed by atoms with Crippen molar-refractivity contribution in [1.29, 1.82) is 0 Å². The second-order valence-electron chi connectivity index (χ2n) is 4.83. The smallest absolute Gasteiger partial charge is 0.261 e. The zero-order valence-electron chi connectivity index (χ0n) is 11.7. The van der Waals surface area contributed by atoms with Gasteiger partial charge in [0.05, 0.1) is 22.4 Å². The van der Waals surface area contributed by atoms with Gasteiger partial charge in [0.2, 0.25) is 0 Å². The van der Waals surface area contributed by atoms with Crippen LogP contribution < -0.4 is 11.1 Å². The Labute approximate surface area is 123 Å². The molecule has 108 valence electrons. The van der Waals surface area contributed by atoms with E-state index in [9.17, 15) is 4.79 Å². The van der Waals surface area contributed by atoms with Crippen LogP contribution in [0.25, 0.3) is 0 Å². The molecule has 1 amide bonds. The SMILES string of the molecule is Cc1cc(C(=O)NCC2CCCCO2)sc1C#CCN. The molecule has 0 spiro atoms. The third-order valence-corrected chi connectivity index (χ3v) is 4.36. The summed E-state index contributed by atoms with van der Waals surface area (Å²) < 4.78 is 5.60. The molecule has 0 radical (unpaired) electrons. The molecule has 0 bridgehead atoms. The fourth-order valence-electron chi connectivity index (χ4n) is 2.11. The van der Waals surface area contributed by atoms with Crippen molar-refractivity contribution in [3.63, 3.8) is 0 Å². The summed E-state index contributed by atoms with van der Waals surface area (Å²) in [5.41, 5.74) is 6.38. The average molecular weight is 292 g/mol. The Bertz CT molecular complexity index is 522. The minimum absolute atomic E-state index is 0.0481. The Morgan fingerprint density at radius 1 is 1.60 bits per heavy atom. The minimum Gasteiger partial charge on any atom is -0.376 e. The Morgan fingerprint density at radius 3 is 3.15 bits per heavy atom. The number of carbonyl (C=O) groups is 1. The molecule has 1 fully saturated rings. The predicted octanol–water partition coefficient (Wildman–Crippen LogP) is 1.67. The highest BCUT2D eigenvalue weighted by Crippen LogP contribution is 2.21. The molecule has 4 nitrogen and oxygen atoms in total. The van der Waals surface area contributed by atoms with Gasteiger partial charge in [-0.25, -0.2) is 0 Å². The molecule has 0 saturated carbocycles. The van der Waals surface area contributed by atoms with E-state index in [2.05, 4.69) is 17.2 Å². The average Bonchev–Trinajstić information content (AvgIpc) is 2.85. The van der Waals surface area contributed by atoms with Crippen molar-refractivity contribution in [1.82, 2.24) is 5.32 Å². The molecule has 1 aliphatic rings. The van der Waals surface area contributed by atoms with Crippen molar-refractivity contribution in [2.24, 2.45) is 5.73 Å². The largest absolute Gasteiger partial charge is 0.376 e. The van der Waals surface area contributed by atoms with Crippen molar-refractivity contribution < 1.29 is 9.53 Å². The van der Waals surface area contributed by atoms with Gasteiger partial charge in [0.15, 0.2) is 0 Å². The fraction of sp³-hybridized carbons (Fsp3) is 0.533. The summed E-state index contributed by atoms with van der Waals surface area (Å²) in [6.07, 6.45) is 3.48. The Hall–Kier alpha value is -1.35. The molecule has 1 aromatic rings. The monoisotopic (exact) mass is 292 g/mol. The normalized spacial score (nSPS) is 18.2. The first-order valence-corrected chi connectivity index (χ1v) is 7.71. The number of amides is 1. The van der Waals surface area contributed by atoms with Gasteiger partial charge < -0.3 is 15.8 Å². The van der Waals surface area contributed by atoms with E-state index in [1.54, 1.807) is 0 Å². The van der Waals surface area contributed by atoms with Crippen LogP contribution in [0.3, 0.4) is 0 Å². The maximum atomic E-state index is 12.1. The summed E-state index contributed by atoms with van der Waals surface area (Å²) in [5, 5.41) is 2.94. The Kier molecular flexibility index (Phi) is 5.60. The third-order valence-electron chi connectivity index (χ3n) is 3.21. The number of nitrogens with two attached hydrogens (primary N) is 1. The maximum Gasteiger partial charge on any atom is 0.261 e. The highest BCUT2D eigenvalue weighted by Gasteiger charge is 2.16. The number of hydrogen-bond donors (Lipinski definition) is 2. The van der Waals surface area contributed by atoms with E-state index in [0.717, 1.165) is 29.9 Å². The summed E-state index contributed by atoms with van der Waals surface area (Å²) in [4.78, 5) is 13.7. The van der Waals surface area contributed by atoms with Gasteiger partial charge in [-0.2, -0.15) is 0 Å². The van der Waals surface area contributed by atoms with Gasteiger partial charge in [0.25, 0.3) is 5.91 Å². The zero-order chi connectivity index (χ0) is 14.4. The number of hydrogen-bond acceptors (Lipinski definition) is 4. The van der Waals surface area contributed by atoms with E-state index >= 15 is 0 Å². The molecular weight excluding hydrogens is 272 g/mol. The molecule has 1 aromatic heterocycles. The predicted molar refractivity (Wildman–Crippen MR) is 80.9 cm³/mol. The lowest BCUT2D eigenvalue weighted by molar-refractivity contribution is 0.0169. The molecule has 2 heterocycles. The molecule has 1 atom stereocenters. The summed E-state index contributed by atoms with van der Waals surface area (Å²) in [6.45, 7) is 3.67. The first-order chi connectivity index (χ1) is 9.70. The van der Waals surface area contributed by atoms with E-state index in [0.29, 0.717) is 18.0 Å². The Morgan fingerprint density at radius 2 is 2.45 bits per heavy atom. The van der Waals surface area contributed by atoms with E-state index in [1.807, 2.05) is 13.0 Å². The van der Waals surface area contributed by atoms with Crippen molar-refractivity contribution in [2.45, 2.75) is 32.3 Å². The molecule has 3 N–H and O–H groups in total. The number of ether oxygens (including phenoxy) is 1. The van der Waals surface area contributed by atoms with Gasteiger partial charge >= 0.3 is 0 Å². The lowest BCUT2D eigenvalue weighted by Crippen LogP contribution is -2.35. The first-order valence-electron chi connectivity index (χ1n) is 6.90. The van der Waals surface area contributed by atoms with Crippen molar-refractivity contribution in [2.75, 3.05) is 19.7 Å². The molecule has 0 aliphatic carbocycles. The number of thiophene rings is 1. The third kappa shape index (κ3) is 4.07. The topological polar surface area (TPSA) is 64.3 Å². The van der Waals surface area contributed by atoms with Crippen LogP contribution in [0.1, 0.15) is 39.4 Å². The highest BCUT2D eigenvalue weighted by molar-refractivity contribution is 7.14. The highest BCUT2D eigenvalue weighted by atomic mass is 32.1. The lowest BCUT2D eigenvalue weighted by atomic mass is 10.1. The van der Waals surface area contributed by atoms with E-state index in [4.69, 9.17) is 10.5 Å². The lowest BCUT2D eigenvalue weighted by Gasteiger charge is -2.22. The summed E-state index contributed by atoms with van der Waals surface area (Å²) in [5.74, 6) is 5.76. The van der Waals surface area contributed by atoms with Crippen molar-refractivity contribution >= 4 is 17.2 Å². The van der Waals surface area contributed by atoms with Crippen LogP contribution in [-0.4, -0.2) is 31.7 Å². The molecule has 1 unspecified atom stereocenters. The first kappa shape index (κ1) is 15.0. The summed E-state index contributed by atoms with van der Waals surface area (Å²) in [6, 6.07) is 1.88. The van der Waals surface area contributed by atoms with E-state index in [-0.39, 0.29) is 12.0 Å². The van der Waals surface area contributed by atoms with Crippen LogP contribution in [0, 0.1) is 18.8 Å². The summed E-state index contributed by atoms with van der Waals surface area (Å²) in [7, 11) is 0. The zero-order valence-corrected chi connectivity index (χ0v) is 12.5. The van der Waals surface area contributed by atoms with Crippen molar-refractivity contribution in [3.8, 4) is 11.8 Å². The van der Waals surface area contributed by atoms with E-state index in [1.165, 1.54) is 17.8 Å². The van der Waals surface area contributed by atoms with Crippen LogP contribution in [-0.2, 0) is 4.74 Å². The minimum atomic E-state index is -0.0481. The number of aryl methyl sites for hydroxylation is 1. The molecule has 1 aliphatic heterocycles. The molecule has 1 saturated heterocycles. The second kappa shape index (κ2) is 7.44. The molecule has 5 heteroatoms. The van der Waals surface area contributed by atoms with Crippen LogP contribution >= 0.6 is 11.3 Å². The van der Waals surface area contributed by atoms with Gasteiger partial charge in [0.1, 0.15) is 0 Å². The van der Waals surface area contributed by atoms with Crippen molar-refractivity contribution in [3.05, 3.63) is 21.4 Å². The number of carbonyl (C=O) groups excluding carboxylic acids is 1. The van der Waals surface area contributed by atoms with Crippen LogP contribution in [0.5, 0.6) is 0 Å². The quantitative estimate of drug-likeness (QED) is 0.833. The number of rotatable bonds is 3. The molecule has 0 aromatic carbocycles. The van der Waals surface area contributed by atoms with Crippen LogP contribution in [0.4, 0.5) is 0 Å². The van der Waals surface area contributed by atoms with Gasteiger partial charge in [-0.05, 0) is 37.8 Å². The van der Waals surface area contributed by atoms with Crippen LogP contribution in [0.15, 0.2) is 6.07 Å². The van der Waals surface area contributed by atoms with Gasteiger partial charge in [-0.15, -0.1) is 11.3 Å². The second-order valence-corrected chi connectivity index (χ2v) is 5.88. The number of nitrogens with one attached hydrogen (secondary N) is 1. The summed E-state index contributed by atoms with van der Waals surface area (Å²) >= 11 is 1.41. The van der Waals surface area contributed by atoms with Crippen LogP contribution in [0.2, 0.25) is 0 Å². The molecule has 20 heavy (non-hydrogen) atoms. The fourth-order valence-corrected chi connectivity index (χ4v) is 3.08. The Balaban J connectivity index is 1.91. The van der Waals surface area contributed by atoms with Gasteiger partial charge in [0, 0.05) is 13.2 Å².